The van der Waals surface area contributed by atoms with Crippen molar-refractivity contribution in [1.82, 2.24) is 5.48 Å². The van der Waals surface area contributed by atoms with E-state index in [1.165, 1.54) is 12.1 Å². The van der Waals surface area contributed by atoms with Gasteiger partial charge in [0.15, 0.2) is 5.75 Å². The Morgan fingerprint density at radius 3 is 2.43 bits per heavy atom. The standard InChI is InChI=1S/C16H23Cl2NO4/c1-11(2)23-19-12(3)10-21-6-4-5-7-22-16-14(17)8-13(20)9-15(16)18/h8-11,19-20H,4-7H2,1-3H3. The monoisotopic (exact) mass is 363 g/mol. The number of ether oxygens (including phenoxy) is 2. The number of phenols is 1. The molecule has 2 N–H and O–H groups in total. The summed E-state index contributed by atoms with van der Waals surface area (Å²) in [6, 6.07) is 2.79. The highest BCUT2D eigenvalue weighted by Crippen LogP contribution is 2.36. The fourth-order valence-corrected chi connectivity index (χ4v) is 2.15. The molecule has 0 aromatic heterocycles. The molecule has 0 spiro atoms. The van der Waals surface area contributed by atoms with E-state index in [1.54, 1.807) is 6.26 Å². The quantitative estimate of drug-likeness (QED) is 0.359. The lowest BCUT2D eigenvalue weighted by molar-refractivity contribution is 0.0117. The molecule has 0 radical (unpaired) electrons. The molecule has 1 aromatic carbocycles. The minimum absolute atomic E-state index is 0.0120. The highest BCUT2D eigenvalue weighted by molar-refractivity contribution is 6.37. The Morgan fingerprint density at radius 2 is 1.83 bits per heavy atom. The largest absolute Gasteiger partial charge is 0.508 e. The molecule has 1 aromatic rings. The van der Waals surface area contributed by atoms with Crippen molar-refractivity contribution < 1.29 is 19.4 Å². The van der Waals surface area contributed by atoms with Crippen LogP contribution in [-0.4, -0.2) is 24.4 Å². The van der Waals surface area contributed by atoms with Crippen molar-refractivity contribution in [3.05, 3.63) is 34.1 Å². The van der Waals surface area contributed by atoms with E-state index in [9.17, 15) is 5.11 Å². The first-order chi connectivity index (χ1) is 10.9. The van der Waals surface area contributed by atoms with Crippen LogP contribution in [0.2, 0.25) is 10.0 Å². The topological polar surface area (TPSA) is 60.0 Å². The third kappa shape index (κ3) is 8.21. The first-order valence-corrected chi connectivity index (χ1v) is 8.16. The Hall–Kier alpha value is -1.30. The van der Waals surface area contributed by atoms with E-state index >= 15 is 0 Å². The molecule has 0 bridgehead atoms. The van der Waals surface area contributed by atoms with Crippen LogP contribution < -0.4 is 10.2 Å². The molecule has 0 atom stereocenters. The number of halogens is 2. The second-order valence-electron chi connectivity index (χ2n) is 5.23. The highest BCUT2D eigenvalue weighted by atomic mass is 35.5. The van der Waals surface area contributed by atoms with Gasteiger partial charge < -0.3 is 14.6 Å². The maximum Gasteiger partial charge on any atom is 0.156 e. The van der Waals surface area contributed by atoms with Gasteiger partial charge in [0.25, 0.3) is 0 Å². The Kier molecular flexibility index (Phi) is 8.99. The molecule has 0 aliphatic rings. The molecule has 0 amide bonds. The zero-order chi connectivity index (χ0) is 17.2. The van der Waals surface area contributed by atoms with Crippen molar-refractivity contribution >= 4 is 23.2 Å². The molecule has 0 saturated carbocycles. The van der Waals surface area contributed by atoms with Crippen molar-refractivity contribution in [2.45, 2.75) is 39.7 Å². The molecule has 7 heteroatoms. The lowest BCUT2D eigenvalue weighted by Gasteiger charge is -2.11. The minimum Gasteiger partial charge on any atom is -0.508 e. The summed E-state index contributed by atoms with van der Waals surface area (Å²) in [6.07, 6.45) is 3.34. The van der Waals surface area contributed by atoms with Gasteiger partial charge in [0.1, 0.15) is 12.0 Å². The number of hydrogen-bond donors (Lipinski definition) is 2. The number of rotatable bonds is 10. The van der Waals surface area contributed by atoms with Crippen molar-refractivity contribution in [2.24, 2.45) is 0 Å². The first-order valence-electron chi connectivity index (χ1n) is 7.41. The van der Waals surface area contributed by atoms with E-state index in [-0.39, 0.29) is 11.9 Å². The summed E-state index contributed by atoms with van der Waals surface area (Å²) in [6.45, 7) is 6.77. The SMILES string of the molecule is CC(=COCCCCOc1c(Cl)cc(O)cc1Cl)NOC(C)C. The molecule has 130 valence electrons. The molecule has 0 heterocycles. The van der Waals surface area contributed by atoms with Crippen LogP contribution in [0.1, 0.15) is 33.6 Å². The molecule has 0 fully saturated rings. The van der Waals surface area contributed by atoms with Gasteiger partial charge in [0, 0.05) is 12.1 Å². The van der Waals surface area contributed by atoms with Crippen LogP contribution in [0.25, 0.3) is 0 Å². The molecule has 0 aliphatic heterocycles. The number of hydrogen-bond acceptors (Lipinski definition) is 5. The lowest BCUT2D eigenvalue weighted by atomic mass is 10.3. The number of phenolic OH excluding ortho intramolecular Hbond substituents is 1. The van der Waals surface area contributed by atoms with E-state index in [4.69, 9.17) is 37.5 Å². The van der Waals surface area contributed by atoms with E-state index in [0.29, 0.717) is 29.0 Å². The normalized spacial score (nSPS) is 11.7. The van der Waals surface area contributed by atoms with E-state index in [2.05, 4.69) is 5.48 Å². The number of hydroxylamine groups is 1. The van der Waals surface area contributed by atoms with Crippen LogP contribution in [0.5, 0.6) is 11.5 Å². The van der Waals surface area contributed by atoms with Gasteiger partial charge in [-0.15, -0.1) is 0 Å². The van der Waals surface area contributed by atoms with E-state index in [0.717, 1.165) is 18.5 Å². The first kappa shape index (κ1) is 19.7. The predicted octanol–water partition coefficient (Wildman–Crippen LogP) is 4.67. The summed E-state index contributed by atoms with van der Waals surface area (Å²) in [7, 11) is 0. The average Bonchev–Trinajstić information content (AvgIpc) is 2.46. The van der Waals surface area contributed by atoms with E-state index in [1.807, 2.05) is 20.8 Å². The van der Waals surface area contributed by atoms with E-state index < -0.39 is 0 Å². The molecule has 1 rings (SSSR count). The zero-order valence-electron chi connectivity index (χ0n) is 13.6. The predicted molar refractivity (Wildman–Crippen MR) is 91.9 cm³/mol. The van der Waals surface area contributed by atoms with Gasteiger partial charge in [-0.3, -0.25) is 10.3 Å². The summed E-state index contributed by atoms with van der Waals surface area (Å²) in [5, 5.41) is 9.93. The Balaban J connectivity index is 2.18. The number of allylic oxidation sites excluding steroid dienone is 1. The lowest BCUT2D eigenvalue weighted by Crippen LogP contribution is -2.17. The molecule has 0 unspecified atom stereocenters. The fourth-order valence-electron chi connectivity index (χ4n) is 1.56. The average molecular weight is 364 g/mol. The Bertz CT molecular complexity index is 498. The smallest absolute Gasteiger partial charge is 0.156 e. The Morgan fingerprint density at radius 1 is 1.22 bits per heavy atom. The molecular formula is C16H23Cl2NO4. The fraction of sp³-hybridized carbons (Fsp3) is 0.500. The summed E-state index contributed by atoms with van der Waals surface area (Å²) in [5.74, 6) is 0.399. The third-order valence-electron chi connectivity index (χ3n) is 2.60. The van der Waals surface area contributed by atoms with Crippen molar-refractivity contribution in [2.75, 3.05) is 13.2 Å². The van der Waals surface area contributed by atoms with Gasteiger partial charge in [-0.25, -0.2) is 0 Å². The van der Waals surface area contributed by atoms with Crippen LogP contribution in [0, 0.1) is 0 Å². The second kappa shape index (κ2) is 10.5. The second-order valence-corrected chi connectivity index (χ2v) is 6.05. The minimum atomic E-state index is 0.0120. The molecule has 0 aliphatic carbocycles. The molecular weight excluding hydrogens is 341 g/mol. The number of unbranched alkanes of at least 4 members (excludes halogenated alkanes) is 1. The number of aromatic hydroxyl groups is 1. The van der Waals surface area contributed by atoms with Gasteiger partial charge in [0.2, 0.25) is 0 Å². The summed E-state index contributed by atoms with van der Waals surface area (Å²) < 4.78 is 10.9. The highest BCUT2D eigenvalue weighted by Gasteiger charge is 2.09. The molecule has 0 saturated heterocycles. The van der Waals surface area contributed by atoms with Gasteiger partial charge in [-0.1, -0.05) is 23.2 Å². The van der Waals surface area contributed by atoms with Gasteiger partial charge in [-0.2, -0.15) is 0 Å². The number of benzene rings is 1. The van der Waals surface area contributed by atoms with Gasteiger partial charge in [0.05, 0.1) is 35.1 Å². The summed E-state index contributed by atoms with van der Waals surface area (Å²) in [4.78, 5) is 5.22. The van der Waals surface area contributed by atoms with Crippen LogP contribution in [0.15, 0.2) is 24.1 Å². The van der Waals surface area contributed by atoms with Gasteiger partial charge >= 0.3 is 0 Å². The van der Waals surface area contributed by atoms with Crippen LogP contribution in [0.4, 0.5) is 0 Å². The molecule has 5 nitrogen and oxygen atoms in total. The maximum atomic E-state index is 9.34. The van der Waals surface area contributed by atoms with Crippen LogP contribution in [0.3, 0.4) is 0 Å². The maximum absolute atomic E-state index is 9.34. The third-order valence-corrected chi connectivity index (χ3v) is 3.16. The summed E-state index contributed by atoms with van der Waals surface area (Å²) >= 11 is 11.9. The Labute approximate surface area is 147 Å². The van der Waals surface area contributed by atoms with Gasteiger partial charge in [-0.05, 0) is 33.6 Å². The number of nitrogens with one attached hydrogen (secondary N) is 1. The van der Waals surface area contributed by atoms with Crippen LogP contribution in [-0.2, 0) is 9.57 Å². The van der Waals surface area contributed by atoms with Crippen molar-refractivity contribution in [3.8, 4) is 11.5 Å². The van der Waals surface area contributed by atoms with Crippen LogP contribution >= 0.6 is 23.2 Å². The summed E-state index contributed by atoms with van der Waals surface area (Å²) in [5.41, 5.74) is 3.59. The van der Waals surface area contributed by atoms with Crippen molar-refractivity contribution in [3.63, 3.8) is 0 Å². The molecule has 23 heavy (non-hydrogen) atoms. The zero-order valence-corrected chi connectivity index (χ0v) is 15.1. The van der Waals surface area contributed by atoms with Crippen molar-refractivity contribution in [1.29, 1.82) is 0 Å².